The summed E-state index contributed by atoms with van der Waals surface area (Å²) in [6.45, 7) is 0.520. The number of hydrogen-bond acceptors (Lipinski definition) is 2. The lowest BCUT2D eigenvalue weighted by Gasteiger charge is -2.12. The largest absolute Gasteiger partial charge is 0.475 e. The minimum absolute atomic E-state index is 0.146. The molecule has 86 valence electrons. The van der Waals surface area contributed by atoms with Crippen LogP contribution in [0.5, 0.6) is 0 Å². The Morgan fingerprint density at radius 1 is 1.25 bits per heavy atom. The van der Waals surface area contributed by atoms with Crippen LogP contribution in [-0.4, -0.2) is 19.0 Å². The molecule has 1 aromatic carbocycles. The van der Waals surface area contributed by atoms with Gasteiger partial charge in [-0.25, -0.2) is 9.38 Å². The van der Waals surface area contributed by atoms with Crippen molar-refractivity contribution < 1.29 is 22.3 Å². The summed E-state index contributed by atoms with van der Waals surface area (Å²) in [6.07, 6.45) is -4.54. The fourth-order valence-electron chi connectivity index (χ4n) is 1.44. The highest BCUT2D eigenvalue weighted by atomic mass is 19.4. The van der Waals surface area contributed by atoms with Crippen LogP contribution in [0.2, 0.25) is 0 Å². The topological polar surface area (TPSA) is 21.6 Å². The Labute approximate surface area is 88.6 Å². The third-order valence-electron chi connectivity index (χ3n) is 2.10. The van der Waals surface area contributed by atoms with Gasteiger partial charge in [0.25, 0.3) is 0 Å². The second-order valence-electron chi connectivity index (χ2n) is 3.22. The summed E-state index contributed by atoms with van der Waals surface area (Å²) in [7, 11) is 0. The molecule has 1 aromatic rings. The van der Waals surface area contributed by atoms with Gasteiger partial charge in [-0.1, -0.05) is 0 Å². The van der Waals surface area contributed by atoms with E-state index in [0.29, 0.717) is 12.6 Å². The fourth-order valence-corrected chi connectivity index (χ4v) is 1.44. The summed E-state index contributed by atoms with van der Waals surface area (Å²) in [4.78, 5) is 3.75. The van der Waals surface area contributed by atoms with Crippen LogP contribution in [0.4, 0.5) is 17.6 Å². The zero-order chi connectivity index (χ0) is 11.8. The first-order valence-corrected chi connectivity index (χ1v) is 4.53. The maximum absolute atomic E-state index is 12.9. The van der Waals surface area contributed by atoms with E-state index in [0.717, 1.165) is 12.1 Å². The lowest BCUT2D eigenvalue weighted by atomic mass is 10.1. The van der Waals surface area contributed by atoms with Crippen LogP contribution in [0.1, 0.15) is 11.1 Å². The minimum atomic E-state index is -4.54. The van der Waals surface area contributed by atoms with Crippen LogP contribution >= 0.6 is 0 Å². The van der Waals surface area contributed by atoms with Gasteiger partial charge >= 0.3 is 6.18 Å². The molecule has 0 unspecified atom stereocenters. The maximum Gasteiger partial charge on any atom is 0.417 e. The molecule has 1 aliphatic heterocycles. The van der Waals surface area contributed by atoms with Crippen molar-refractivity contribution in [2.75, 3.05) is 13.2 Å². The van der Waals surface area contributed by atoms with Gasteiger partial charge in [0, 0.05) is 0 Å². The first-order chi connectivity index (χ1) is 7.48. The molecular weight excluding hydrogens is 226 g/mol. The Balaban J connectivity index is 2.53. The molecule has 16 heavy (non-hydrogen) atoms. The number of ether oxygens (including phenoxy) is 1. The van der Waals surface area contributed by atoms with Crippen LogP contribution in [0.25, 0.3) is 0 Å². The molecule has 0 aromatic heterocycles. The standard InChI is InChI=1S/C10H7F4NO/c11-6-1-2-8(10(12,13)14)7(5-6)9-15-3-4-16-9/h1-2,5H,3-4H2. The smallest absolute Gasteiger partial charge is 0.417 e. The normalized spacial score (nSPS) is 15.9. The monoisotopic (exact) mass is 233 g/mol. The number of halogens is 4. The van der Waals surface area contributed by atoms with E-state index in [2.05, 4.69) is 4.99 Å². The predicted molar refractivity (Wildman–Crippen MR) is 48.8 cm³/mol. The molecule has 0 saturated carbocycles. The number of aliphatic imine (C=N–C) groups is 1. The minimum Gasteiger partial charge on any atom is -0.475 e. The van der Waals surface area contributed by atoms with Crippen molar-refractivity contribution in [3.8, 4) is 0 Å². The van der Waals surface area contributed by atoms with E-state index in [-0.39, 0.29) is 18.1 Å². The van der Waals surface area contributed by atoms with Crippen LogP contribution in [0, 0.1) is 5.82 Å². The molecule has 0 atom stereocenters. The highest BCUT2D eigenvalue weighted by Crippen LogP contribution is 2.33. The van der Waals surface area contributed by atoms with Crippen molar-refractivity contribution >= 4 is 5.90 Å². The van der Waals surface area contributed by atoms with Crippen LogP contribution < -0.4 is 0 Å². The average Bonchev–Trinajstić information content (AvgIpc) is 2.68. The third-order valence-corrected chi connectivity index (χ3v) is 2.10. The van der Waals surface area contributed by atoms with Crippen LogP contribution in [0.3, 0.4) is 0 Å². The average molecular weight is 233 g/mol. The molecular formula is C10H7F4NO. The summed E-state index contributed by atoms with van der Waals surface area (Å²) in [5.41, 5.74) is -1.28. The van der Waals surface area contributed by atoms with Crippen LogP contribution in [0.15, 0.2) is 23.2 Å². The quantitative estimate of drug-likeness (QED) is 0.683. The number of hydrogen-bond donors (Lipinski definition) is 0. The first-order valence-electron chi connectivity index (χ1n) is 4.53. The van der Waals surface area contributed by atoms with Gasteiger partial charge in [0.15, 0.2) is 0 Å². The lowest BCUT2D eigenvalue weighted by Crippen LogP contribution is -2.14. The molecule has 0 saturated heterocycles. The van der Waals surface area contributed by atoms with Crippen molar-refractivity contribution in [1.82, 2.24) is 0 Å². The predicted octanol–water partition coefficient (Wildman–Crippen LogP) is 2.62. The van der Waals surface area contributed by atoms with Gasteiger partial charge < -0.3 is 4.74 Å². The molecule has 0 spiro atoms. The molecule has 1 heterocycles. The summed E-state index contributed by atoms with van der Waals surface area (Å²) in [5.74, 6) is -0.895. The molecule has 2 nitrogen and oxygen atoms in total. The van der Waals surface area contributed by atoms with E-state index in [4.69, 9.17) is 4.74 Å². The molecule has 1 aliphatic rings. The Kier molecular flexibility index (Phi) is 2.57. The number of alkyl halides is 3. The second-order valence-corrected chi connectivity index (χ2v) is 3.22. The molecule has 0 fully saturated rings. The second kappa shape index (κ2) is 3.77. The zero-order valence-corrected chi connectivity index (χ0v) is 8.01. The number of rotatable bonds is 1. The molecule has 0 radical (unpaired) electrons. The SMILES string of the molecule is Fc1ccc(C(F)(F)F)c(C2=NCCO2)c1. The van der Waals surface area contributed by atoms with Gasteiger partial charge in [-0.3, -0.25) is 0 Å². The Morgan fingerprint density at radius 3 is 2.56 bits per heavy atom. The number of benzene rings is 1. The molecule has 0 N–H and O–H groups in total. The number of nitrogens with zero attached hydrogens (tertiary/aromatic N) is 1. The van der Waals surface area contributed by atoms with Gasteiger partial charge in [-0.05, 0) is 18.2 Å². The summed E-state index contributed by atoms with van der Waals surface area (Å²) in [6, 6.07) is 2.24. The van der Waals surface area contributed by atoms with Crippen LogP contribution in [-0.2, 0) is 10.9 Å². The first kappa shape index (κ1) is 10.9. The summed E-state index contributed by atoms with van der Waals surface area (Å²) >= 11 is 0. The van der Waals surface area contributed by atoms with Gasteiger partial charge in [0.05, 0.1) is 17.7 Å². The third kappa shape index (κ3) is 2.00. The molecule has 6 heteroatoms. The molecule has 0 amide bonds. The van der Waals surface area contributed by atoms with E-state index in [1.807, 2.05) is 0 Å². The molecule has 0 aliphatic carbocycles. The van der Waals surface area contributed by atoms with Gasteiger partial charge in [0.2, 0.25) is 5.90 Å². The Bertz CT molecular complexity index is 439. The fraction of sp³-hybridized carbons (Fsp3) is 0.300. The van der Waals surface area contributed by atoms with Gasteiger partial charge in [-0.2, -0.15) is 13.2 Å². The highest BCUT2D eigenvalue weighted by Gasteiger charge is 2.35. The Hall–Kier alpha value is -1.59. The molecule has 0 bridgehead atoms. The highest BCUT2D eigenvalue weighted by molar-refractivity contribution is 5.96. The van der Waals surface area contributed by atoms with Gasteiger partial charge in [0.1, 0.15) is 12.4 Å². The molecule has 2 rings (SSSR count). The summed E-state index contributed by atoms with van der Waals surface area (Å²) in [5, 5.41) is 0. The summed E-state index contributed by atoms with van der Waals surface area (Å²) < 4.78 is 55.6. The van der Waals surface area contributed by atoms with Crippen molar-refractivity contribution in [2.24, 2.45) is 4.99 Å². The van der Waals surface area contributed by atoms with E-state index >= 15 is 0 Å². The Morgan fingerprint density at radius 2 is 2.00 bits per heavy atom. The van der Waals surface area contributed by atoms with Crippen molar-refractivity contribution in [2.45, 2.75) is 6.18 Å². The van der Waals surface area contributed by atoms with Crippen molar-refractivity contribution in [1.29, 1.82) is 0 Å². The maximum atomic E-state index is 12.9. The lowest BCUT2D eigenvalue weighted by molar-refractivity contribution is -0.137. The van der Waals surface area contributed by atoms with E-state index < -0.39 is 17.6 Å². The van der Waals surface area contributed by atoms with Crippen molar-refractivity contribution in [3.05, 3.63) is 35.1 Å². The van der Waals surface area contributed by atoms with E-state index in [1.165, 1.54) is 0 Å². The zero-order valence-electron chi connectivity index (χ0n) is 8.01. The van der Waals surface area contributed by atoms with Crippen molar-refractivity contribution in [3.63, 3.8) is 0 Å². The van der Waals surface area contributed by atoms with E-state index in [1.54, 1.807) is 0 Å². The van der Waals surface area contributed by atoms with Gasteiger partial charge in [-0.15, -0.1) is 0 Å². The van der Waals surface area contributed by atoms with E-state index in [9.17, 15) is 17.6 Å².